The Morgan fingerprint density at radius 3 is 2.83 bits per heavy atom. The van der Waals surface area contributed by atoms with Crippen LogP contribution in [0.1, 0.15) is 12.8 Å². The molecule has 1 saturated carbocycles. The summed E-state index contributed by atoms with van der Waals surface area (Å²) in [5.74, 6) is 1.34. The normalized spacial score (nSPS) is 20.5. The molecule has 3 N–H and O–H groups in total. The maximum absolute atomic E-state index is 13.8. The average Bonchev–Trinajstić information content (AvgIpc) is 3.40. The van der Waals surface area contributed by atoms with Gasteiger partial charge in [-0.3, -0.25) is 9.59 Å². The zero-order valence-electron chi connectivity index (χ0n) is 19.1. The lowest BCUT2D eigenvalue weighted by Gasteiger charge is -2.27. The molecule has 6 rings (SSSR count). The van der Waals surface area contributed by atoms with Crippen molar-refractivity contribution in [2.24, 2.45) is 5.92 Å². The molecule has 10 nitrogen and oxygen atoms in total. The number of carbonyl (C=O) groups is 2. The van der Waals surface area contributed by atoms with Crippen molar-refractivity contribution in [1.29, 1.82) is 0 Å². The van der Waals surface area contributed by atoms with Crippen molar-refractivity contribution in [2.45, 2.75) is 31.5 Å². The summed E-state index contributed by atoms with van der Waals surface area (Å²) >= 11 is 6.85. The number of hydrogen-bond donors (Lipinski definition) is 2. The van der Waals surface area contributed by atoms with Crippen LogP contribution in [0.4, 0.5) is 11.6 Å². The number of fused-ring (bicyclic) bond motifs is 4. The van der Waals surface area contributed by atoms with Crippen molar-refractivity contribution >= 4 is 77.2 Å². The molecule has 0 radical (unpaired) electrons. The minimum absolute atomic E-state index is 0.00335. The summed E-state index contributed by atoms with van der Waals surface area (Å²) in [6.45, 7) is 0.00335. The van der Waals surface area contributed by atoms with Crippen LogP contribution >= 0.6 is 31.9 Å². The lowest BCUT2D eigenvalue weighted by atomic mass is 10.1. The Labute approximate surface area is 222 Å². The van der Waals surface area contributed by atoms with E-state index in [1.54, 1.807) is 30.2 Å². The van der Waals surface area contributed by atoms with E-state index in [0.717, 1.165) is 21.8 Å². The van der Waals surface area contributed by atoms with Crippen LogP contribution < -0.4 is 15.8 Å². The predicted molar refractivity (Wildman–Crippen MR) is 141 cm³/mol. The second kappa shape index (κ2) is 8.70. The van der Waals surface area contributed by atoms with E-state index in [1.165, 1.54) is 6.33 Å². The molecule has 3 atom stereocenters. The largest absolute Gasteiger partial charge is 0.495 e. The van der Waals surface area contributed by atoms with Gasteiger partial charge < -0.3 is 25.3 Å². The molecule has 1 aliphatic heterocycles. The predicted octanol–water partition coefficient (Wildman–Crippen LogP) is 3.72. The highest BCUT2D eigenvalue weighted by Gasteiger charge is 2.56. The highest BCUT2D eigenvalue weighted by Crippen LogP contribution is 2.48. The van der Waals surface area contributed by atoms with Crippen LogP contribution in [-0.4, -0.2) is 55.4 Å². The topological polar surface area (TPSA) is 128 Å². The number of hydrogen-bond acceptors (Lipinski definition) is 7. The number of nitrogen functional groups attached to an aromatic ring is 1. The molecule has 1 unspecified atom stereocenters. The summed E-state index contributed by atoms with van der Waals surface area (Å²) in [4.78, 5) is 41.5. The minimum atomic E-state index is -0.557. The number of nitrogens with two attached hydrogens (primary N) is 1. The molecule has 2 fully saturated rings. The Morgan fingerprint density at radius 2 is 2.06 bits per heavy atom. The highest BCUT2D eigenvalue weighted by molar-refractivity contribution is 9.10. The Bertz CT molecular complexity index is 1560. The van der Waals surface area contributed by atoms with E-state index in [-0.39, 0.29) is 24.4 Å². The standard InChI is InChI=1S/C24H21Br2N7O3/c1-36-17-8-15-12(7-13(17)25)21-22(27)28-10-29-23(21)32(15)9-20(34)33-14-5-11(14)6-16(33)24(35)31-19-4-2-3-18(26)30-19/h2-4,7-8,10-11,14,16H,5-6,9H2,1H3,(H2,27,28,29)(H,30,31,35)/t11?,14-,16+/m1/s1. The first-order chi connectivity index (χ1) is 17.4. The fraction of sp³-hybridized carbons (Fsp3) is 0.292. The van der Waals surface area contributed by atoms with Gasteiger partial charge in [-0.25, -0.2) is 15.0 Å². The van der Waals surface area contributed by atoms with Gasteiger partial charge in [-0.2, -0.15) is 0 Å². The average molecular weight is 615 g/mol. The minimum Gasteiger partial charge on any atom is -0.495 e. The Balaban J connectivity index is 1.35. The molecule has 1 saturated heterocycles. The summed E-state index contributed by atoms with van der Waals surface area (Å²) in [7, 11) is 1.58. The molecule has 2 amide bonds. The van der Waals surface area contributed by atoms with Crippen LogP contribution in [0.5, 0.6) is 5.75 Å². The molecule has 0 bridgehead atoms. The van der Waals surface area contributed by atoms with Gasteiger partial charge in [0.15, 0.2) is 0 Å². The number of methoxy groups -OCH3 is 1. The second-order valence-electron chi connectivity index (χ2n) is 9.00. The zero-order valence-corrected chi connectivity index (χ0v) is 22.3. The monoisotopic (exact) mass is 613 g/mol. The van der Waals surface area contributed by atoms with E-state index < -0.39 is 6.04 Å². The van der Waals surface area contributed by atoms with Crippen LogP contribution in [0.2, 0.25) is 0 Å². The molecule has 36 heavy (non-hydrogen) atoms. The van der Waals surface area contributed by atoms with E-state index in [2.05, 4.69) is 52.1 Å². The van der Waals surface area contributed by atoms with Gasteiger partial charge in [0, 0.05) is 17.5 Å². The number of anilines is 2. The number of halogens is 2. The molecule has 0 spiro atoms. The fourth-order valence-electron chi connectivity index (χ4n) is 5.20. The summed E-state index contributed by atoms with van der Waals surface area (Å²) < 4.78 is 8.69. The smallest absolute Gasteiger partial charge is 0.248 e. The number of likely N-dealkylation sites (tertiary alicyclic amines) is 1. The molecule has 3 aromatic heterocycles. The van der Waals surface area contributed by atoms with Crippen molar-refractivity contribution in [3.63, 3.8) is 0 Å². The van der Waals surface area contributed by atoms with E-state index in [0.29, 0.717) is 45.4 Å². The Hall–Kier alpha value is -3.25. The van der Waals surface area contributed by atoms with Gasteiger partial charge in [0.25, 0.3) is 0 Å². The molecule has 184 valence electrons. The van der Waals surface area contributed by atoms with Crippen LogP contribution in [0.3, 0.4) is 0 Å². The van der Waals surface area contributed by atoms with Crippen molar-refractivity contribution in [1.82, 2.24) is 24.4 Å². The lowest BCUT2D eigenvalue weighted by Crippen LogP contribution is -2.46. The first kappa shape index (κ1) is 23.2. The summed E-state index contributed by atoms with van der Waals surface area (Å²) in [6.07, 6.45) is 2.94. The lowest BCUT2D eigenvalue weighted by molar-refractivity contribution is -0.138. The van der Waals surface area contributed by atoms with Gasteiger partial charge >= 0.3 is 0 Å². The number of amides is 2. The third-order valence-electron chi connectivity index (χ3n) is 6.90. The number of benzene rings is 1. The van der Waals surface area contributed by atoms with Gasteiger partial charge in [0.2, 0.25) is 11.8 Å². The van der Waals surface area contributed by atoms with Gasteiger partial charge in [-0.1, -0.05) is 6.07 Å². The van der Waals surface area contributed by atoms with E-state index in [9.17, 15) is 9.59 Å². The van der Waals surface area contributed by atoms with Crippen LogP contribution in [0.15, 0.2) is 45.7 Å². The number of carbonyl (C=O) groups excluding carboxylic acids is 2. The number of aromatic nitrogens is 4. The van der Waals surface area contributed by atoms with Crippen LogP contribution in [0, 0.1) is 5.92 Å². The number of nitrogens with zero attached hydrogens (tertiary/aromatic N) is 5. The fourth-order valence-corrected chi connectivity index (χ4v) is 6.05. The molecule has 1 aliphatic carbocycles. The molecule has 12 heteroatoms. The molecule has 1 aromatic carbocycles. The van der Waals surface area contributed by atoms with Gasteiger partial charge in [-0.05, 0) is 68.8 Å². The van der Waals surface area contributed by atoms with E-state index in [1.807, 2.05) is 16.7 Å². The number of rotatable bonds is 5. The number of nitrogens with one attached hydrogen (secondary N) is 1. The number of piperidine rings is 1. The maximum atomic E-state index is 13.8. The van der Waals surface area contributed by atoms with E-state index in [4.69, 9.17) is 10.5 Å². The molecule has 2 aliphatic rings. The van der Waals surface area contributed by atoms with Crippen molar-refractivity contribution in [3.8, 4) is 5.75 Å². The van der Waals surface area contributed by atoms with Crippen molar-refractivity contribution in [2.75, 3.05) is 18.2 Å². The number of pyridine rings is 1. The summed E-state index contributed by atoms with van der Waals surface area (Å²) in [5.41, 5.74) is 7.51. The Kier molecular flexibility index (Phi) is 5.60. The van der Waals surface area contributed by atoms with E-state index >= 15 is 0 Å². The third-order valence-corrected chi connectivity index (χ3v) is 7.96. The first-order valence-corrected chi connectivity index (χ1v) is 12.9. The second-order valence-corrected chi connectivity index (χ2v) is 10.7. The molecule has 4 heterocycles. The molecular formula is C24H21Br2N7O3. The van der Waals surface area contributed by atoms with Gasteiger partial charge in [-0.15, -0.1) is 0 Å². The van der Waals surface area contributed by atoms with Crippen LogP contribution in [0.25, 0.3) is 21.9 Å². The highest BCUT2D eigenvalue weighted by atomic mass is 79.9. The molecular weight excluding hydrogens is 594 g/mol. The van der Waals surface area contributed by atoms with Gasteiger partial charge in [0.1, 0.15) is 46.5 Å². The first-order valence-electron chi connectivity index (χ1n) is 11.4. The van der Waals surface area contributed by atoms with Gasteiger partial charge in [0.05, 0.1) is 22.5 Å². The maximum Gasteiger partial charge on any atom is 0.248 e. The summed E-state index contributed by atoms with van der Waals surface area (Å²) in [5, 5.41) is 4.34. The molecule has 4 aromatic rings. The van der Waals surface area contributed by atoms with Crippen LogP contribution in [-0.2, 0) is 16.1 Å². The Morgan fingerprint density at radius 1 is 1.22 bits per heavy atom. The summed E-state index contributed by atoms with van der Waals surface area (Å²) in [6, 6.07) is 8.55. The third kappa shape index (κ3) is 3.79. The van der Waals surface area contributed by atoms with Crippen molar-refractivity contribution in [3.05, 3.63) is 45.7 Å². The zero-order chi connectivity index (χ0) is 25.1. The van der Waals surface area contributed by atoms with Crippen molar-refractivity contribution < 1.29 is 14.3 Å². The SMILES string of the molecule is COc1cc2c(cc1Br)c1c(N)ncnc1n2CC(=O)N1[C@@H]2CC2C[C@H]1C(=O)Nc1cccc(Br)n1. The quantitative estimate of drug-likeness (QED) is 0.328. The number of ether oxygens (including phenoxy) is 1.